The molecule has 1 aliphatic rings. The first kappa shape index (κ1) is 19.4. The number of sulfonamides is 1. The monoisotopic (exact) mass is 388 g/mol. The highest BCUT2D eigenvalue weighted by Gasteiger charge is 2.28. The summed E-state index contributed by atoms with van der Waals surface area (Å²) >= 11 is 0. The lowest BCUT2D eigenvalue weighted by Gasteiger charge is -2.17. The first-order valence-electron chi connectivity index (χ1n) is 9.04. The van der Waals surface area contributed by atoms with Gasteiger partial charge >= 0.3 is 0 Å². The number of ether oxygens (including phenoxy) is 1. The van der Waals surface area contributed by atoms with Crippen LogP contribution in [0.1, 0.15) is 35.7 Å². The summed E-state index contributed by atoms with van der Waals surface area (Å²) < 4.78 is 32.3. The molecular weight excluding hydrogens is 364 g/mol. The Morgan fingerprint density at radius 3 is 2.37 bits per heavy atom. The number of benzene rings is 2. The second-order valence-corrected chi connectivity index (χ2v) is 8.42. The Morgan fingerprint density at radius 2 is 1.78 bits per heavy atom. The standard InChI is InChI=1S/C20H24N2O4S/c1-3-15-6-8-16(9-7-15)21-20(23)18-14-17(10-11-19(18)26-2)27(24,25)22-12-4-5-13-22/h6-11,14H,3-5,12-13H2,1-2H3,(H,21,23). The number of nitrogens with zero attached hydrogens (tertiary/aromatic N) is 1. The third-order valence-electron chi connectivity index (χ3n) is 4.74. The van der Waals surface area contributed by atoms with Crippen LogP contribution >= 0.6 is 0 Å². The lowest BCUT2D eigenvalue weighted by Crippen LogP contribution is -2.28. The van der Waals surface area contributed by atoms with Crippen LogP contribution in [0.4, 0.5) is 5.69 Å². The molecule has 0 unspecified atom stereocenters. The average Bonchev–Trinajstić information content (AvgIpc) is 3.23. The summed E-state index contributed by atoms with van der Waals surface area (Å²) in [6, 6.07) is 11.9. The molecular formula is C20H24N2O4S. The smallest absolute Gasteiger partial charge is 0.259 e. The Morgan fingerprint density at radius 1 is 1.11 bits per heavy atom. The summed E-state index contributed by atoms with van der Waals surface area (Å²) in [7, 11) is -2.15. The number of amides is 1. The molecule has 0 aromatic heterocycles. The van der Waals surface area contributed by atoms with Gasteiger partial charge in [-0.3, -0.25) is 4.79 Å². The van der Waals surface area contributed by atoms with Crippen molar-refractivity contribution in [3.8, 4) is 5.75 Å². The lowest BCUT2D eigenvalue weighted by molar-refractivity contribution is 0.102. The van der Waals surface area contributed by atoms with Crippen LogP contribution < -0.4 is 10.1 Å². The fourth-order valence-electron chi connectivity index (χ4n) is 3.12. The minimum absolute atomic E-state index is 0.108. The maximum Gasteiger partial charge on any atom is 0.259 e. The number of carbonyl (C=O) groups is 1. The number of rotatable bonds is 6. The molecule has 1 heterocycles. The molecule has 2 aromatic carbocycles. The molecule has 1 aliphatic heterocycles. The summed E-state index contributed by atoms with van der Waals surface area (Å²) in [6.07, 6.45) is 2.63. The van der Waals surface area contributed by atoms with Crippen molar-refractivity contribution in [2.75, 3.05) is 25.5 Å². The van der Waals surface area contributed by atoms with Gasteiger partial charge in [-0.25, -0.2) is 8.42 Å². The highest BCUT2D eigenvalue weighted by molar-refractivity contribution is 7.89. The van der Waals surface area contributed by atoms with Gasteiger partial charge in [-0.05, 0) is 55.2 Å². The molecule has 3 rings (SSSR count). The van der Waals surface area contributed by atoms with Gasteiger partial charge in [0.05, 0.1) is 17.6 Å². The Hall–Kier alpha value is -2.38. The summed E-state index contributed by atoms with van der Waals surface area (Å²) in [5.74, 6) is -0.0763. The third-order valence-corrected chi connectivity index (χ3v) is 6.63. The van der Waals surface area contributed by atoms with Gasteiger partial charge in [0.25, 0.3) is 5.91 Å². The molecule has 1 N–H and O–H groups in total. The zero-order chi connectivity index (χ0) is 19.4. The number of hydrogen-bond donors (Lipinski definition) is 1. The van der Waals surface area contributed by atoms with E-state index in [0.29, 0.717) is 24.5 Å². The molecule has 0 bridgehead atoms. The molecule has 0 saturated carbocycles. The number of carbonyl (C=O) groups excluding carboxylic acids is 1. The second-order valence-electron chi connectivity index (χ2n) is 6.48. The summed E-state index contributed by atoms with van der Waals surface area (Å²) in [4.78, 5) is 12.9. The molecule has 2 aromatic rings. The van der Waals surface area contributed by atoms with Crippen molar-refractivity contribution < 1.29 is 17.9 Å². The van der Waals surface area contributed by atoms with Gasteiger partial charge in [-0.2, -0.15) is 4.31 Å². The van der Waals surface area contributed by atoms with Crippen molar-refractivity contribution >= 4 is 21.6 Å². The summed E-state index contributed by atoms with van der Waals surface area (Å²) in [5.41, 5.74) is 2.01. The minimum Gasteiger partial charge on any atom is -0.496 e. The third kappa shape index (κ3) is 4.14. The zero-order valence-corrected chi connectivity index (χ0v) is 16.4. The average molecular weight is 388 g/mol. The van der Waals surface area contributed by atoms with E-state index >= 15 is 0 Å². The molecule has 7 heteroatoms. The van der Waals surface area contributed by atoms with E-state index in [-0.39, 0.29) is 10.5 Å². The first-order chi connectivity index (χ1) is 13.0. The van der Waals surface area contributed by atoms with E-state index in [1.165, 1.54) is 35.2 Å². The van der Waals surface area contributed by atoms with Gasteiger partial charge in [0.2, 0.25) is 10.0 Å². The van der Waals surface area contributed by atoms with Gasteiger partial charge < -0.3 is 10.1 Å². The van der Waals surface area contributed by atoms with E-state index in [1.54, 1.807) is 0 Å². The van der Waals surface area contributed by atoms with Crippen LogP contribution in [0.2, 0.25) is 0 Å². The highest BCUT2D eigenvalue weighted by Crippen LogP contribution is 2.27. The van der Waals surface area contributed by atoms with Crippen LogP contribution in [0.5, 0.6) is 5.75 Å². The van der Waals surface area contributed by atoms with Crippen LogP contribution in [0.25, 0.3) is 0 Å². The second kappa shape index (κ2) is 8.10. The fourth-order valence-corrected chi connectivity index (χ4v) is 4.67. The Labute approximate surface area is 160 Å². The number of anilines is 1. The van der Waals surface area contributed by atoms with Gasteiger partial charge in [-0.15, -0.1) is 0 Å². The molecule has 144 valence electrons. The van der Waals surface area contributed by atoms with E-state index in [9.17, 15) is 13.2 Å². The first-order valence-corrected chi connectivity index (χ1v) is 10.5. The Kier molecular flexibility index (Phi) is 5.82. The van der Waals surface area contributed by atoms with E-state index in [4.69, 9.17) is 4.74 Å². The van der Waals surface area contributed by atoms with Crippen molar-refractivity contribution in [1.29, 1.82) is 0 Å². The van der Waals surface area contributed by atoms with Crippen LogP contribution in [0, 0.1) is 0 Å². The number of aryl methyl sites for hydroxylation is 1. The highest BCUT2D eigenvalue weighted by atomic mass is 32.2. The molecule has 1 saturated heterocycles. The van der Waals surface area contributed by atoms with E-state index in [0.717, 1.165) is 19.3 Å². The lowest BCUT2D eigenvalue weighted by atomic mass is 10.1. The van der Waals surface area contributed by atoms with Gasteiger partial charge in [0, 0.05) is 18.8 Å². The zero-order valence-electron chi connectivity index (χ0n) is 15.6. The summed E-state index contributed by atoms with van der Waals surface area (Å²) in [6.45, 7) is 3.09. The van der Waals surface area contributed by atoms with E-state index < -0.39 is 15.9 Å². The van der Waals surface area contributed by atoms with Crippen molar-refractivity contribution in [2.45, 2.75) is 31.1 Å². The predicted molar refractivity (Wildman–Crippen MR) is 105 cm³/mol. The molecule has 6 nitrogen and oxygen atoms in total. The molecule has 0 spiro atoms. The normalized spacial score (nSPS) is 14.9. The van der Waals surface area contributed by atoms with E-state index in [2.05, 4.69) is 12.2 Å². The van der Waals surface area contributed by atoms with Crippen LogP contribution in [-0.2, 0) is 16.4 Å². The predicted octanol–water partition coefficient (Wildman–Crippen LogP) is 3.29. The van der Waals surface area contributed by atoms with Crippen molar-refractivity contribution in [1.82, 2.24) is 4.31 Å². The molecule has 27 heavy (non-hydrogen) atoms. The van der Waals surface area contributed by atoms with Gasteiger partial charge in [0.15, 0.2) is 0 Å². The van der Waals surface area contributed by atoms with E-state index in [1.807, 2.05) is 24.3 Å². The molecule has 1 amide bonds. The van der Waals surface area contributed by atoms with Crippen molar-refractivity contribution in [3.63, 3.8) is 0 Å². The molecule has 1 fully saturated rings. The maximum absolute atomic E-state index is 12.8. The number of hydrogen-bond acceptors (Lipinski definition) is 4. The minimum atomic E-state index is -3.60. The number of methoxy groups -OCH3 is 1. The summed E-state index contributed by atoms with van der Waals surface area (Å²) in [5, 5.41) is 2.81. The largest absolute Gasteiger partial charge is 0.496 e. The SMILES string of the molecule is CCc1ccc(NC(=O)c2cc(S(=O)(=O)N3CCCC3)ccc2OC)cc1. The van der Waals surface area contributed by atoms with Crippen molar-refractivity contribution in [2.24, 2.45) is 0 Å². The Balaban J connectivity index is 1.89. The van der Waals surface area contributed by atoms with Crippen LogP contribution in [0.15, 0.2) is 47.4 Å². The topological polar surface area (TPSA) is 75.7 Å². The molecule has 0 aliphatic carbocycles. The Bertz CT molecular complexity index is 917. The quantitative estimate of drug-likeness (QED) is 0.824. The van der Waals surface area contributed by atoms with Gasteiger partial charge in [-0.1, -0.05) is 19.1 Å². The number of nitrogens with one attached hydrogen (secondary N) is 1. The maximum atomic E-state index is 12.8. The molecule has 0 atom stereocenters. The van der Waals surface area contributed by atoms with Crippen LogP contribution in [0.3, 0.4) is 0 Å². The molecule has 0 radical (unpaired) electrons. The van der Waals surface area contributed by atoms with Crippen LogP contribution in [-0.4, -0.2) is 38.8 Å². The van der Waals surface area contributed by atoms with Gasteiger partial charge in [0.1, 0.15) is 5.75 Å². The van der Waals surface area contributed by atoms with Crippen molar-refractivity contribution in [3.05, 3.63) is 53.6 Å². The fraction of sp³-hybridized carbons (Fsp3) is 0.350.